The summed E-state index contributed by atoms with van der Waals surface area (Å²) in [6.07, 6.45) is -0.828. The lowest BCUT2D eigenvalue weighted by Gasteiger charge is -2.24. The fourth-order valence-corrected chi connectivity index (χ4v) is 1.68. The second-order valence-electron chi connectivity index (χ2n) is 5.45. The van der Waals surface area contributed by atoms with Gasteiger partial charge in [-0.1, -0.05) is 0 Å². The highest BCUT2D eigenvalue weighted by molar-refractivity contribution is 5.71. The van der Waals surface area contributed by atoms with Crippen LogP contribution < -0.4 is 0 Å². The zero-order chi connectivity index (χ0) is 13.9. The first kappa shape index (κ1) is 14.8. The fourth-order valence-electron chi connectivity index (χ4n) is 1.68. The first-order chi connectivity index (χ1) is 8.19. The average molecular weight is 259 g/mol. The van der Waals surface area contributed by atoms with Crippen molar-refractivity contribution in [3.63, 3.8) is 0 Å². The van der Waals surface area contributed by atoms with E-state index in [1.807, 2.05) is 20.8 Å². The second-order valence-corrected chi connectivity index (χ2v) is 5.45. The van der Waals surface area contributed by atoms with Crippen molar-refractivity contribution < 1.29 is 24.2 Å². The Morgan fingerprint density at radius 3 is 2.50 bits per heavy atom. The average Bonchev–Trinajstić information content (AvgIpc) is 2.63. The van der Waals surface area contributed by atoms with Crippen LogP contribution in [0.2, 0.25) is 0 Å². The van der Waals surface area contributed by atoms with Gasteiger partial charge in [0.05, 0.1) is 12.6 Å². The molecule has 6 heteroatoms. The van der Waals surface area contributed by atoms with E-state index in [0.29, 0.717) is 19.5 Å². The maximum Gasteiger partial charge on any atom is 0.410 e. The first-order valence-corrected chi connectivity index (χ1v) is 6.05. The summed E-state index contributed by atoms with van der Waals surface area (Å²) in [5.41, 5.74) is -0.523. The van der Waals surface area contributed by atoms with Gasteiger partial charge >= 0.3 is 12.1 Å². The van der Waals surface area contributed by atoms with Gasteiger partial charge < -0.3 is 19.5 Å². The highest BCUT2D eigenvalue weighted by atomic mass is 16.6. The van der Waals surface area contributed by atoms with Gasteiger partial charge in [0.2, 0.25) is 0 Å². The van der Waals surface area contributed by atoms with E-state index in [1.165, 1.54) is 6.92 Å². The Bertz CT molecular complexity index is 323. The van der Waals surface area contributed by atoms with Gasteiger partial charge in [0, 0.05) is 6.54 Å². The van der Waals surface area contributed by atoms with Crippen LogP contribution >= 0.6 is 0 Å². The molecule has 0 unspecified atom stereocenters. The lowest BCUT2D eigenvalue weighted by molar-refractivity contribution is -0.152. The summed E-state index contributed by atoms with van der Waals surface area (Å²) in [5.74, 6) is -0.995. The molecule has 0 aromatic rings. The Morgan fingerprint density at radius 1 is 1.39 bits per heavy atom. The van der Waals surface area contributed by atoms with Gasteiger partial charge in [-0.3, -0.25) is 0 Å². The van der Waals surface area contributed by atoms with E-state index in [9.17, 15) is 9.59 Å². The topological polar surface area (TPSA) is 76.1 Å². The largest absolute Gasteiger partial charge is 0.479 e. The van der Waals surface area contributed by atoms with Crippen molar-refractivity contribution in [2.24, 2.45) is 0 Å². The molecule has 104 valence electrons. The van der Waals surface area contributed by atoms with Crippen molar-refractivity contribution in [2.45, 2.75) is 51.9 Å². The lowest BCUT2D eigenvalue weighted by atomic mass is 10.2. The molecular formula is C12H21NO5. The molecule has 1 aliphatic heterocycles. The van der Waals surface area contributed by atoms with Gasteiger partial charge in [-0.2, -0.15) is 0 Å². The SMILES string of the molecule is C[C@H](O[C@@H]1CCN(C(=O)OC(C)(C)C)C1)C(=O)O. The number of aliphatic carboxylic acids is 1. The van der Waals surface area contributed by atoms with Crippen LogP contribution in [0.25, 0.3) is 0 Å². The predicted octanol–water partition coefficient (Wildman–Crippen LogP) is 1.49. The van der Waals surface area contributed by atoms with Gasteiger partial charge in [-0.25, -0.2) is 9.59 Å². The molecule has 0 radical (unpaired) electrons. The molecule has 1 amide bonds. The van der Waals surface area contributed by atoms with Gasteiger partial charge in [-0.15, -0.1) is 0 Å². The summed E-state index contributed by atoms with van der Waals surface area (Å²) in [7, 11) is 0. The Morgan fingerprint density at radius 2 is 2.00 bits per heavy atom. The molecule has 0 spiro atoms. The van der Waals surface area contributed by atoms with Crippen molar-refractivity contribution in [2.75, 3.05) is 13.1 Å². The zero-order valence-electron chi connectivity index (χ0n) is 11.3. The van der Waals surface area contributed by atoms with Gasteiger partial charge in [0.1, 0.15) is 5.60 Å². The third-order valence-corrected chi connectivity index (χ3v) is 2.54. The summed E-state index contributed by atoms with van der Waals surface area (Å²) in [6, 6.07) is 0. The maximum atomic E-state index is 11.8. The van der Waals surface area contributed by atoms with Crippen molar-refractivity contribution in [1.82, 2.24) is 4.90 Å². The Hall–Kier alpha value is -1.30. The van der Waals surface area contributed by atoms with Gasteiger partial charge in [0.25, 0.3) is 0 Å². The number of rotatable bonds is 3. The lowest BCUT2D eigenvalue weighted by Crippen LogP contribution is -2.36. The van der Waals surface area contributed by atoms with Crippen molar-refractivity contribution in [3.05, 3.63) is 0 Å². The maximum absolute atomic E-state index is 11.8. The minimum Gasteiger partial charge on any atom is -0.479 e. The molecule has 0 saturated carbocycles. The highest BCUT2D eigenvalue weighted by Gasteiger charge is 2.31. The molecule has 1 fully saturated rings. The monoisotopic (exact) mass is 259 g/mol. The molecule has 0 bridgehead atoms. The van der Waals surface area contributed by atoms with E-state index >= 15 is 0 Å². The van der Waals surface area contributed by atoms with Crippen molar-refractivity contribution in [3.8, 4) is 0 Å². The van der Waals surface area contributed by atoms with Gasteiger partial charge in [-0.05, 0) is 34.1 Å². The Labute approximate surface area is 107 Å². The number of nitrogens with zero attached hydrogens (tertiary/aromatic N) is 1. The fraction of sp³-hybridized carbons (Fsp3) is 0.833. The number of carboxylic acid groups (broad SMARTS) is 1. The van der Waals surface area contributed by atoms with Crippen LogP contribution in [0.1, 0.15) is 34.1 Å². The molecule has 0 aliphatic carbocycles. The molecule has 2 atom stereocenters. The number of likely N-dealkylation sites (tertiary alicyclic amines) is 1. The summed E-state index contributed by atoms with van der Waals surface area (Å²) in [6.45, 7) is 7.82. The zero-order valence-corrected chi connectivity index (χ0v) is 11.3. The highest BCUT2D eigenvalue weighted by Crippen LogP contribution is 2.18. The van der Waals surface area contributed by atoms with E-state index < -0.39 is 17.7 Å². The standard InChI is InChI=1S/C12H21NO5/c1-8(10(14)15)17-9-5-6-13(7-9)11(16)18-12(2,3)4/h8-9H,5-7H2,1-4H3,(H,14,15)/t8-,9+/m0/s1. The van der Waals surface area contributed by atoms with Crippen molar-refractivity contribution >= 4 is 12.1 Å². The third kappa shape index (κ3) is 4.52. The Balaban J connectivity index is 2.41. The molecule has 1 heterocycles. The molecular weight excluding hydrogens is 238 g/mol. The number of carbonyl (C=O) groups excluding carboxylic acids is 1. The van der Waals surface area contributed by atoms with E-state index in [2.05, 4.69) is 0 Å². The number of hydrogen-bond acceptors (Lipinski definition) is 4. The molecule has 1 saturated heterocycles. The van der Waals surface area contributed by atoms with E-state index in [-0.39, 0.29) is 12.2 Å². The second kappa shape index (κ2) is 5.56. The molecule has 1 rings (SSSR count). The van der Waals surface area contributed by atoms with Crippen LogP contribution in [0.4, 0.5) is 4.79 Å². The van der Waals surface area contributed by atoms with Crippen molar-refractivity contribution in [1.29, 1.82) is 0 Å². The van der Waals surface area contributed by atoms with Crippen LogP contribution in [0, 0.1) is 0 Å². The number of ether oxygens (including phenoxy) is 2. The minimum atomic E-state index is -0.995. The van der Waals surface area contributed by atoms with Crippen LogP contribution in [0.3, 0.4) is 0 Å². The minimum absolute atomic E-state index is 0.233. The van der Waals surface area contributed by atoms with Crippen LogP contribution in [-0.2, 0) is 14.3 Å². The molecule has 1 N–H and O–H groups in total. The molecule has 0 aromatic heterocycles. The molecule has 0 aromatic carbocycles. The smallest absolute Gasteiger partial charge is 0.410 e. The van der Waals surface area contributed by atoms with E-state index in [4.69, 9.17) is 14.6 Å². The quantitative estimate of drug-likeness (QED) is 0.831. The summed E-state index contributed by atoms with van der Waals surface area (Å²) >= 11 is 0. The number of carbonyl (C=O) groups is 2. The summed E-state index contributed by atoms with van der Waals surface area (Å²) < 4.78 is 10.6. The molecule has 6 nitrogen and oxygen atoms in total. The first-order valence-electron chi connectivity index (χ1n) is 6.05. The Kier molecular flexibility index (Phi) is 4.56. The normalized spacial score (nSPS) is 21.8. The summed E-state index contributed by atoms with van der Waals surface area (Å²) in [5, 5.41) is 8.74. The van der Waals surface area contributed by atoms with Crippen LogP contribution in [0.5, 0.6) is 0 Å². The number of carboxylic acids is 1. The molecule has 1 aliphatic rings. The van der Waals surface area contributed by atoms with Crippen LogP contribution in [-0.4, -0.2) is 53.0 Å². The number of amides is 1. The predicted molar refractivity (Wildman–Crippen MR) is 64.4 cm³/mol. The van der Waals surface area contributed by atoms with E-state index in [1.54, 1.807) is 4.90 Å². The van der Waals surface area contributed by atoms with Gasteiger partial charge in [0.15, 0.2) is 6.10 Å². The summed E-state index contributed by atoms with van der Waals surface area (Å²) in [4.78, 5) is 24.0. The molecule has 18 heavy (non-hydrogen) atoms. The number of hydrogen-bond donors (Lipinski definition) is 1. The third-order valence-electron chi connectivity index (χ3n) is 2.54. The van der Waals surface area contributed by atoms with Crippen LogP contribution in [0.15, 0.2) is 0 Å². The van der Waals surface area contributed by atoms with E-state index in [0.717, 1.165) is 0 Å².